The van der Waals surface area contributed by atoms with E-state index in [1.807, 2.05) is 30.1 Å². The number of amides is 2. The molecule has 14 heteroatoms. The van der Waals surface area contributed by atoms with E-state index in [2.05, 4.69) is 53.9 Å². The van der Waals surface area contributed by atoms with Crippen LogP contribution in [0.3, 0.4) is 0 Å². The lowest BCUT2D eigenvalue weighted by Gasteiger charge is -2.39. The van der Waals surface area contributed by atoms with Crippen LogP contribution in [0.4, 0.5) is 13.2 Å². The summed E-state index contributed by atoms with van der Waals surface area (Å²) in [4.78, 5) is 42.3. The van der Waals surface area contributed by atoms with Gasteiger partial charge in [0.1, 0.15) is 11.7 Å². The van der Waals surface area contributed by atoms with E-state index in [9.17, 15) is 22.8 Å². The fourth-order valence-corrected chi connectivity index (χ4v) is 9.78. The van der Waals surface area contributed by atoms with E-state index in [0.717, 1.165) is 61.8 Å². The molecule has 3 saturated heterocycles. The number of hydrogen-bond donors (Lipinski definition) is 2. The second-order valence-corrected chi connectivity index (χ2v) is 16.2. The summed E-state index contributed by atoms with van der Waals surface area (Å²) in [7, 11) is 1.85. The zero-order valence-electron chi connectivity index (χ0n) is 30.0. The molecule has 6 aliphatic rings. The molecule has 2 amide bonds. The predicted molar refractivity (Wildman–Crippen MR) is 191 cm³/mol. The average Bonchev–Trinajstić information content (AvgIpc) is 3.38. The minimum atomic E-state index is -4.31. The fraction of sp³-hybridized carbons (Fsp3) is 0.564. The van der Waals surface area contributed by atoms with E-state index < -0.39 is 17.0 Å². The van der Waals surface area contributed by atoms with E-state index in [-0.39, 0.29) is 54.4 Å². The number of hydrazine groups is 1. The first-order valence-electron chi connectivity index (χ1n) is 19.0. The number of halogens is 3. The standard InChI is InChI=1S/C39H46F3N9O2/c1-48-24-44-35(47-48)27-4-2-25(3-5-27)26-9-16-50(17-10-26)33(52)22-49-18-13-37(23-49)14-19-51(36(37)53)29-6-7-31-30(21-29)34(46-45-31)28-8-15-43-32(20-28)38(11-12-38)39(40,41)42/h2-5,8-9,15,20,24,29-31,34,45-46H,6-7,10-14,16-19,21-23H2,1H3/t29?,30?,31?,34?,37-/m0/s1. The third-order valence-corrected chi connectivity index (χ3v) is 13.1. The lowest BCUT2D eigenvalue weighted by Crippen LogP contribution is -2.47. The number of hydrogen-bond acceptors (Lipinski definition) is 8. The van der Waals surface area contributed by atoms with Crippen LogP contribution in [-0.4, -0.2) is 104 Å². The quantitative estimate of drug-likeness (QED) is 0.369. The Labute approximate surface area is 307 Å². The maximum atomic E-state index is 14.2. The summed E-state index contributed by atoms with van der Waals surface area (Å²) >= 11 is 0. The topological polar surface area (TPSA) is 112 Å². The number of carbonyl (C=O) groups excluding carboxylic acids is 2. The molecule has 0 radical (unpaired) electrons. The van der Waals surface area contributed by atoms with Crippen molar-refractivity contribution < 1.29 is 22.8 Å². The summed E-state index contributed by atoms with van der Waals surface area (Å²) < 4.78 is 43.4. The van der Waals surface area contributed by atoms with Crippen molar-refractivity contribution >= 4 is 17.4 Å². The van der Waals surface area contributed by atoms with Crippen molar-refractivity contribution in [2.75, 3.05) is 39.3 Å². The molecule has 1 aromatic carbocycles. The molecule has 53 heavy (non-hydrogen) atoms. The molecule has 3 aromatic rings. The summed E-state index contributed by atoms with van der Waals surface area (Å²) in [6.45, 7) is 3.60. The van der Waals surface area contributed by atoms with Gasteiger partial charge in [0.2, 0.25) is 11.8 Å². The lowest BCUT2D eigenvalue weighted by atomic mass is 9.76. The van der Waals surface area contributed by atoms with Crippen LogP contribution in [0.25, 0.3) is 17.0 Å². The maximum absolute atomic E-state index is 14.2. The van der Waals surface area contributed by atoms with Crippen molar-refractivity contribution in [3.05, 3.63) is 71.8 Å². The van der Waals surface area contributed by atoms with Crippen molar-refractivity contribution in [2.24, 2.45) is 18.4 Å². The second-order valence-electron chi connectivity index (χ2n) is 16.2. The van der Waals surface area contributed by atoms with Gasteiger partial charge in [-0.25, -0.2) is 10.4 Å². The third kappa shape index (κ3) is 6.16. The summed E-state index contributed by atoms with van der Waals surface area (Å²) in [6, 6.07) is 11.9. The van der Waals surface area contributed by atoms with Gasteiger partial charge in [-0.1, -0.05) is 30.3 Å². The van der Waals surface area contributed by atoms with Crippen molar-refractivity contribution in [2.45, 2.75) is 81.1 Å². The number of rotatable bonds is 7. The number of nitrogens with one attached hydrogen (secondary N) is 2. The summed E-state index contributed by atoms with van der Waals surface area (Å²) in [6.07, 6.45) is 6.11. The Morgan fingerprint density at radius 2 is 1.77 bits per heavy atom. The van der Waals surface area contributed by atoms with E-state index in [1.165, 1.54) is 11.8 Å². The summed E-state index contributed by atoms with van der Waals surface area (Å²) in [5, 5.41) is 4.38. The zero-order valence-corrected chi connectivity index (χ0v) is 30.0. The second kappa shape index (κ2) is 13.0. The average molecular weight is 730 g/mol. The highest BCUT2D eigenvalue weighted by Gasteiger charge is 2.65. The van der Waals surface area contributed by atoms with E-state index >= 15 is 0 Å². The highest BCUT2D eigenvalue weighted by atomic mass is 19.4. The van der Waals surface area contributed by atoms with Crippen molar-refractivity contribution in [3.63, 3.8) is 0 Å². The zero-order chi connectivity index (χ0) is 36.5. The van der Waals surface area contributed by atoms with E-state index in [0.29, 0.717) is 38.5 Å². The molecule has 2 aliphatic carbocycles. The number of benzene rings is 1. The lowest BCUT2D eigenvalue weighted by molar-refractivity contribution is -0.161. The van der Waals surface area contributed by atoms with Crippen LogP contribution < -0.4 is 10.9 Å². The molecule has 2 N–H and O–H groups in total. The molecular weight excluding hydrogens is 683 g/mol. The Balaban J connectivity index is 0.795. The van der Waals surface area contributed by atoms with Gasteiger partial charge in [0.25, 0.3) is 0 Å². The van der Waals surface area contributed by atoms with Gasteiger partial charge >= 0.3 is 6.18 Å². The smallest absolute Gasteiger partial charge is 0.339 e. The van der Waals surface area contributed by atoms with Gasteiger partial charge in [0.05, 0.1) is 23.7 Å². The number of pyridine rings is 1. The van der Waals surface area contributed by atoms with Gasteiger partial charge in [0.15, 0.2) is 5.82 Å². The van der Waals surface area contributed by atoms with Crippen molar-refractivity contribution in [3.8, 4) is 11.4 Å². The molecule has 5 atom stereocenters. The fourth-order valence-electron chi connectivity index (χ4n) is 9.78. The van der Waals surface area contributed by atoms with Crippen LogP contribution in [0.15, 0.2) is 55.0 Å². The molecule has 4 unspecified atom stereocenters. The number of carbonyl (C=O) groups is 2. The van der Waals surface area contributed by atoms with Gasteiger partial charge in [0, 0.05) is 57.1 Å². The van der Waals surface area contributed by atoms with Crippen molar-refractivity contribution in [1.29, 1.82) is 0 Å². The Morgan fingerprint density at radius 1 is 0.981 bits per heavy atom. The predicted octanol–water partition coefficient (Wildman–Crippen LogP) is 4.40. The molecule has 0 bridgehead atoms. The van der Waals surface area contributed by atoms with Gasteiger partial charge in [-0.3, -0.25) is 29.6 Å². The number of alkyl halides is 3. The number of aryl methyl sites for hydroxylation is 1. The molecule has 280 valence electrons. The SMILES string of the molecule is Cn1cnc(-c2ccc(C3=CCN(C(=O)CN4CC[C@]5(CCN(C6CCC7NNC(c8ccnc(C9(C(F)(F)F)CC9)c8)C7C6)C5=O)C4)CC3)cc2)n1. The molecular formula is C39H46F3N9O2. The summed E-state index contributed by atoms with van der Waals surface area (Å²) in [5.74, 6) is 1.15. The summed E-state index contributed by atoms with van der Waals surface area (Å²) in [5.41, 5.74) is 8.79. The Bertz CT molecular complexity index is 1920. The van der Waals surface area contributed by atoms with Crippen LogP contribution in [0.1, 0.15) is 74.2 Å². The van der Waals surface area contributed by atoms with Crippen LogP contribution in [0.5, 0.6) is 0 Å². The van der Waals surface area contributed by atoms with Gasteiger partial charge in [-0.2, -0.15) is 18.3 Å². The normalized spacial score (nSPS) is 29.9. The minimum absolute atomic E-state index is 0.0842. The molecule has 9 rings (SSSR count). The van der Waals surface area contributed by atoms with E-state index in [1.54, 1.807) is 17.1 Å². The highest BCUT2D eigenvalue weighted by Crippen LogP contribution is 2.58. The molecule has 2 saturated carbocycles. The van der Waals surface area contributed by atoms with Gasteiger partial charge in [-0.15, -0.1) is 0 Å². The van der Waals surface area contributed by atoms with Crippen LogP contribution in [-0.2, 0) is 22.1 Å². The maximum Gasteiger partial charge on any atom is 0.399 e. The molecule has 1 spiro atoms. The largest absolute Gasteiger partial charge is 0.399 e. The van der Waals surface area contributed by atoms with E-state index in [4.69, 9.17) is 0 Å². The molecule has 4 aliphatic heterocycles. The van der Waals surface area contributed by atoms with Crippen LogP contribution in [0.2, 0.25) is 0 Å². The minimum Gasteiger partial charge on any atom is -0.339 e. The molecule has 2 aromatic heterocycles. The number of aromatic nitrogens is 4. The Morgan fingerprint density at radius 3 is 2.49 bits per heavy atom. The number of fused-ring (bicyclic) bond motifs is 1. The van der Waals surface area contributed by atoms with Gasteiger partial charge < -0.3 is 9.80 Å². The first-order valence-corrected chi connectivity index (χ1v) is 19.0. The van der Waals surface area contributed by atoms with Crippen molar-refractivity contribution in [1.82, 2.24) is 45.3 Å². The van der Waals surface area contributed by atoms with Gasteiger partial charge in [-0.05, 0) is 92.7 Å². The number of nitrogens with zero attached hydrogens (tertiary/aromatic N) is 7. The first kappa shape index (κ1) is 34.6. The third-order valence-electron chi connectivity index (χ3n) is 13.1. The highest BCUT2D eigenvalue weighted by molar-refractivity contribution is 5.86. The Kier molecular flexibility index (Phi) is 8.50. The molecule has 11 nitrogen and oxygen atoms in total. The molecule has 6 heterocycles. The number of likely N-dealkylation sites (tertiary alicyclic amines) is 2. The monoisotopic (exact) mass is 729 g/mol. The van der Waals surface area contributed by atoms with Crippen LogP contribution >= 0.6 is 0 Å². The van der Waals surface area contributed by atoms with Crippen LogP contribution in [0, 0.1) is 11.3 Å². The molecule has 5 fully saturated rings. The Hall–Kier alpha value is -4.14. The first-order chi connectivity index (χ1) is 25.5.